The molecule has 0 N–H and O–H groups in total. The molecule has 0 radical (unpaired) electrons. The van der Waals surface area contributed by atoms with Gasteiger partial charge in [0.15, 0.2) is 0 Å². The molecule has 0 saturated carbocycles. The van der Waals surface area contributed by atoms with E-state index in [1.165, 1.54) is 51.4 Å². The van der Waals surface area contributed by atoms with Gasteiger partial charge in [0.05, 0.1) is 0 Å². The maximum atomic E-state index is 3.78. The van der Waals surface area contributed by atoms with Gasteiger partial charge in [-0.1, -0.05) is 31.1 Å². The zero-order chi connectivity index (χ0) is 11.1. The van der Waals surface area contributed by atoms with Crippen LogP contribution in [0.5, 0.6) is 0 Å². The average Bonchev–Trinajstić information content (AvgIpc) is 2.25. The van der Waals surface area contributed by atoms with Crippen molar-refractivity contribution in [2.24, 2.45) is 5.92 Å². The summed E-state index contributed by atoms with van der Waals surface area (Å²) in [5.74, 6) is 0.926. The van der Waals surface area contributed by atoms with Crippen LogP contribution >= 0.6 is 0 Å². The van der Waals surface area contributed by atoms with E-state index >= 15 is 0 Å². The van der Waals surface area contributed by atoms with Crippen molar-refractivity contribution in [1.82, 2.24) is 0 Å². The molecular weight excluding hydrogens is 180 g/mol. The highest BCUT2D eigenvalue weighted by Crippen LogP contribution is 2.33. The van der Waals surface area contributed by atoms with Crippen molar-refractivity contribution in [3.63, 3.8) is 0 Å². The quantitative estimate of drug-likeness (QED) is 0.411. The molecule has 0 nitrogen and oxygen atoms in total. The van der Waals surface area contributed by atoms with Gasteiger partial charge in [0.2, 0.25) is 0 Å². The predicted octanol–water partition coefficient (Wildman–Crippen LogP) is 5.26. The standard InChI is InChI=1S/C15H26/c1-4-6-7-8-9-15-12-13(3)10-11-14(15)5-2/h4,13H,1,5-12H2,2-3H3. The third kappa shape index (κ3) is 4.24. The van der Waals surface area contributed by atoms with Crippen LogP contribution in [0.25, 0.3) is 0 Å². The van der Waals surface area contributed by atoms with E-state index in [0.717, 1.165) is 5.92 Å². The van der Waals surface area contributed by atoms with Gasteiger partial charge in [0.1, 0.15) is 0 Å². The Morgan fingerprint density at radius 2 is 2.13 bits per heavy atom. The molecule has 1 aliphatic rings. The molecular formula is C15H26. The van der Waals surface area contributed by atoms with Gasteiger partial charge in [0, 0.05) is 0 Å². The number of unbranched alkanes of at least 4 members (excludes halogenated alkanes) is 2. The largest absolute Gasteiger partial charge is 0.103 e. The summed E-state index contributed by atoms with van der Waals surface area (Å²) < 4.78 is 0. The minimum atomic E-state index is 0.926. The van der Waals surface area contributed by atoms with Crippen molar-refractivity contribution in [2.45, 2.75) is 65.2 Å². The first kappa shape index (κ1) is 12.5. The third-order valence-electron chi connectivity index (χ3n) is 3.60. The number of hydrogen-bond acceptors (Lipinski definition) is 0. The SMILES string of the molecule is C=CCCCCC1=C(CC)CCC(C)C1. The highest BCUT2D eigenvalue weighted by molar-refractivity contribution is 5.17. The molecule has 0 heterocycles. The molecule has 0 aliphatic heterocycles. The van der Waals surface area contributed by atoms with E-state index in [4.69, 9.17) is 0 Å². The van der Waals surface area contributed by atoms with Gasteiger partial charge in [-0.3, -0.25) is 0 Å². The molecule has 15 heavy (non-hydrogen) atoms. The van der Waals surface area contributed by atoms with Crippen LogP contribution in [0.1, 0.15) is 65.2 Å². The van der Waals surface area contributed by atoms with Crippen LogP contribution in [0, 0.1) is 5.92 Å². The fraction of sp³-hybridized carbons (Fsp3) is 0.733. The topological polar surface area (TPSA) is 0 Å². The average molecular weight is 206 g/mol. The zero-order valence-electron chi connectivity index (χ0n) is 10.5. The Hall–Kier alpha value is -0.520. The Labute approximate surface area is 95.5 Å². The molecule has 0 aromatic carbocycles. The van der Waals surface area contributed by atoms with Crippen LogP contribution in [0.2, 0.25) is 0 Å². The van der Waals surface area contributed by atoms with Crippen LogP contribution in [0.15, 0.2) is 23.8 Å². The fourth-order valence-electron chi connectivity index (χ4n) is 2.60. The second kappa shape index (κ2) is 6.87. The number of allylic oxidation sites excluding steroid dienone is 3. The van der Waals surface area contributed by atoms with Gasteiger partial charge in [-0.15, -0.1) is 6.58 Å². The lowest BCUT2D eigenvalue weighted by Crippen LogP contribution is -2.07. The fourth-order valence-corrected chi connectivity index (χ4v) is 2.60. The monoisotopic (exact) mass is 206 g/mol. The van der Waals surface area contributed by atoms with E-state index in [1.54, 1.807) is 11.1 Å². The normalized spacial score (nSPS) is 21.9. The molecule has 1 aliphatic carbocycles. The van der Waals surface area contributed by atoms with Crippen LogP contribution in [0.4, 0.5) is 0 Å². The number of hydrogen-bond donors (Lipinski definition) is 0. The van der Waals surface area contributed by atoms with Crippen LogP contribution in [-0.2, 0) is 0 Å². The van der Waals surface area contributed by atoms with Gasteiger partial charge < -0.3 is 0 Å². The lowest BCUT2D eigenvalue weighted by Gasteiger charge is -2.24. The maximum Gasteiger partial charge on any atom is -0.0292 e. The van der Waals surface area contributed by atoms with Crippen LogP contribution in [-0.4, -0.2) is 0 Å². The molecule has 0 spiro atoms. The van der Waals surface area contributed by atoms with Gasteiger partial charge in [-0.05, 0) is 57.3 Å². The summed E-state index contributed by atoms with van der Waals surface area (Å²) in [7, 11) is 0. The van der Waals surface area contributed by atoms with E-state index in [9.17, 15) is 0 Å². The Morgan fingerprint density at radius 1 is 1.33 bits per heavy atom. The van der Waals surface area contributed by atoms with Crippen molar-refractivity contribution in [3.05, 3.63) is 23.8 Å². The lowest BCUT2D eigenvalue weighted by molar-refractivity contribution is 0.475. The molecule has 1 unspecified atom stereocenters. The summed E-state index contributed by atoms with van der Waals surface area (Å²) in [5.41, 5.74) is 3.56. The van der Waals surface area contributed by atoms with Crippen LogP contribution in [0.3, 0.4) is 0 Å². The van der Waals surface area contributed by atoms with Gasteiger partial charge >= 0.3 is 0 Å². The summed E-state index contributed by atoms with van der Waals surface area (Å²) in [5, 5.41) is 0. The van der Waals surface area contributed by atoms with E-state index in [-0.39, 0.29) is 0 Å². The van der Waals surface area contributed by atoms with E-state index in [0.29, 0.717) is 0 Å². The van der Waals surface area contributed by atoms with Crippen molar-refractivity contribution in [1.29, 1.82) is 0 Å². The summed E-state index contributed by atoms with van der Waals surface area (Å²) in [6.45, 7) is 8.49. The molecule has 0 heteroatoms. The smallest absolute Gasteiger partial charge is 0.0292 e. The van der Waals surface area contributed by atoms with E-state index < -0.39 is 0 Å². The molecule has 0 aromatic rings. The van der Waals surface area contributed by atoms with Crippen molar-refractivity contribution in [2.75, 3.05) is 0 Å². The second-order valence-electron chi connectivity index (χ2n) is 4.94. The summed E-state index contributed by atoms with van der Waals surface area (Å²) >= 11 is 0. The lowest BCUT2D eigenvalue weighted by atomic mass is 9.82. The molecule has 0 fully saturated rings. The Bertz CT molecular complexity index is 222. The van der Waals surface area contributed by atoms with Crippen LogP contribution < -0.4 is 0 Å². The second-order valence-corrected chi connectivity index (χ2v) is 4.94. The summed E-state index contributed by atoms with van der Waals surface area (Å²) in [6.07, 6.45) is 12.7. The Balaban J connectivity index is 2.40. The molecule has 1 atom stereocenters. The van der Waals surface area contributed by atoms with Crippen molar-refractivity contribution in [3.8, 4) is 0 Å². The minimum absolute atomic E-state index is 0.926. The van der Waals surface area contributed by atoms with Gasteiger partial charge in [-0.2, -0.15) is 0 Å². The Morgan fingerprint density at radius 3 is 2.80 bits per heavy atom. The molecule has 1 rings (SSSR count). The van der Waals surface area contributed by atoms with E-state index in [2.05, 4.69) is 20.4 Å². The Kier molecular flexibility index (Phi) is 5.75. The minimum Gasteiger partial charge on any atom is -0.103 e. The van der Waals surface area contributed by atoms with E-state index in [1.807, 2.05) is 6.08 Å². The van der Waals surface area contributed by atoms with Gasteiger partial charge in [0.25, 0.3) is 0 Å². The molecule has 0 bridgehead atoms. The third-order valence-corrected chi connectivity index (χ3v) is 3.60. The van der Waals surface area contributed by atoms with Crippen molar-refractivity contribution >= 4 is 0 Å². The maximum absolute atomic E-state index is 3.78. The molecule has 86 valence electrons. The molecule has 0 saturated heterocycles. The summed E-state index contributed by atoms with van der Waals surface area (Å²) in [4.78, 5) is 0. The first-order valence-corrected chi connectivity index (χ1v) is 6.58. The first-order valence-electron chi connectivity index (χ1n) is 6.58. The zero-order valence-corrected chi connectivity index (χ0v) is 10.5. The highest BCUT2D eigenvalue weighted by Gasteiger charge is 2.15. The van der Waals surface area contributed by atoms with Gasteiger partial charge in [-0.25, -0.2) is 0 Å². The molecule has 0 aromatic heterocycles. The summed E-state index contributed by atoms with van der Waals surface area (Å²) in [6, 6.07) is 0. The number of rotatable bonds is 6. The highest BCUT2D eigenvalue weighted by atomic mass is 14.2. The molecule has 0 amide bonds. The van der Waals surface area contributed by atoms with Crippen molar-refractivity contribution < 1.29 is 0 Å². The first-order chi connectivity index (χ1) is 7.27. The predicted molar refractivity (Wildman–Crippen MR) is 69.0 cm³/mol.